The smallest absolute Gasteiger partial charge is 0.213 e. The molecule has 0 atom stereocenters. The fraction of sp³-hybridized carbons (Fsp3) is 1.00. The lowest BCUT2D eigenvalue weighted by atomic mass is 10.5. The Hall–Kier alpha value is -0.180. The zero-order chi connectivity index (χ0) is 16.4. The molecule has 6 nitrogen and oxygen atoms in total. The lowest BCUT2D eigenvalue weighted by Crippen LogP contribution is -2.31. The van der Waals surface area contributed by atoms with E-state index >= 15 is 0 Å². The van der Waals surface area contributed by atoms with Gasteiger partial charge < -0.3 is 0 Å². The zero-order valence-corrected chi connectivity index (χ0v) is 15.1. The Kier molecular flexibility index (Phi) is 11.6. The van der Waals surface area contributed by atoms with E-state index in [0.717, 1.165) is 12.8 Å². The van der Waals surface area contributed by atoms with Crippen molar-refractivity contribution in [3.05, 3.63) is 0 Å². The molecule has 0 aliphatic carbocycles. The molecule has 0 aromatic heterocycles. The lowest BCUT2D eigenvalue weighted by molar-refractivity contribution is 0.570. The minimum atomic E-state index is -3.01. The molecule has 0 bridgehead atoms. The molecule has 0 saturated heterocycles. The summed E-state index contributed by atoms with van der Waals surface area (Å²) in [7, 11) is -6.02. The standard InChI is InChI=1S/2C6H15NO2S/c2*1-4-5-7-10(8,9)6(2)3/h2*6-7H,4-5H2,1-3H3. The molecule has 0 unspecified atom stereocenters. The number of nitrogens with one attached hydrogen (secondary N) is 2. The van der Waals surface area contributed by atoms with Crippen molar-refractivity contribution in [1.29, 1.82) is 0 Å². The van der Waals surface area contributed by atoms with Gasteiger partial charge in [0.1, 0.15) is 0 Å². The molecule has 0 aliphatic rings. The Morgan fingerprint density at radius 1 is 0.700 bits per heavy atom. The van der Waals surface area contributed by atoms with Crippen LogP contribution >= 0.6 is 0 Å². The molecule has 8 heteroatoms. The Morgan fingerprint density at radius 3 is 1.10 bits per heavy atom. The molecule has 0 heterocycles. The van der Waals surface area contributed by atoms with Crippen LogP contribution < -0.4 is 9.44 Å². The fourth-order valence-corrected chi connectivity index (χ4v) is 2.47. The SMILES string of the molecule is CCCNS(=O)(=O)C(C)C.CCCNS(=O)(=O)C(C)C. The molecule has 0 radical (unpaired) electrons. The second-order valence-corrected chi connectivity index (χ2v) is 9.62. The maximum absolute atomic E-state index is 11.0. The first-order valence-corrected chi connectivity index (χ1v) is 10.1. The average molecular weight is 331 g/mol. The summed E-state index contributed by atoms with van der Waals surface area (Å²) in [5.41, 5.74) is 0. The van der Waals surface area contributed by atoms with Gasteiger partial charge in [0.15, 0.2) is 0 Å². The van der Waals surface area contributed by atoms with E-state index in [-0.39, 0.29) is 10.5 Å². The van der Waals surface area contributed by atoms with E-state index in [9.17, 15) is 16.8 Å². The highest BCUT2D eigenvalue weighted by molar-refractivity contribution is 7.90. The highest BCUT2D eigenvalue weighted by atomic mass is 32.2. The van der Waals surface area contributed by atoms with E-state index < -0.39 is 20.0 Å². The van der Waals surface area contributed by atoms with Crippen LogP contribution in [0, 0.1) is 0 Å². The minimum absolute atomic E-state index is 0.320. The van der Waals surface area contributed by atoms with Gasteiger partial charge in [-0.05, 0) is 40.5 Å². The molecule has 2 N–H and O–H groups in total. The summed E-state index contributed by atoms with van der Waals surface area (Å²) in [6.07, 6.45) is 1.68. The van der Waals surface area contributed by atoms with Crippen LogP contribution in [-0.4, -0.2) is 40.4 Å². The highest BCUT2D eigenvalue weighted by Gasteiger charge is 2.13. The van der Waals surface area contributed by atoms with Crippen LogP contribution in [0.2, 0.25) is 0 Å². The van der Waals surface area contributed by atoms with Crippen LogP contribution in [0.4, 0.5) is 0 Å². The highest BCUT2D eigenvalue weighted by Crippen LogP contribution is 1.95. The van der Waals surface area contributed by atoms with E-state index in [1.54, 1.807) is 27.7 Å². The maximum atomic E-state index is 11.0. The van der Waals surface area contributed by atoms with Gasteiger partial charge in [-0.25, -0.2) is 26.3 Å². The van der Waals surface area contributed by atoms with Crippen molar-refractivity contribution in [2.45, 2.75) is 64.9 Å². The molecule has 0 aromatic carbocycles. The number of sulfonamides is 2. The van der Waals surface area contributed by atoms with Crippen molar-refractivity contribution < 1.29 is 16.8 Å². The van der Waals surface area contributed by atoms with Crippen molar-refractivity contribution in [3.8, 4) is 0 Å². The molecule has 0 amide bonds. The molecular formula is C12H30N2O4S2. The van der Waals surface area contributed by atoms with E-state index in [1.807, 2.05) is 13.8 Å². The fourth-order valence-electron chi connectivity index (χ4n) is 0.822. The topological polar surface area (TPSA) is 92.3 Å². The Morgan fingerprint density at radius 2 is 0.950 bits per heavy atom. The normalized spacial score (nSPS) is 12.4. The molecule has 0 rings (SSSR count). The van der Waals surface area contributed by atoms with Crippen molar-refractivity contribution in [3.63, 3.8) is 0 Å². The van der Waals surface area contributed by atoms with Crippen molar-refractivity contribution in [2.75, 3.05) is 13.1 Å². The molecule has 0 aliphatic heterocycles. The molecule has 0 saturated carbocycles. The van der Waals surface area contributed by atoms with Crippen LogP contribution in [0.5, 0.6) is 0 Å². The molecule has 0 spiro atoms. The second-order valence-electron chi connectivity index (χ2n) is 4.98. The third kappa shape index (κ3) is 10.6. The van der Waals surface area contributed by atoms with E-state index in [0.29, 0.717) is 13.1 Å². The lowest BCUT2D eigenvalue weighted by Gasteiger charge is -2.07. The second kappa shape index (κ2) is 10.5. The van der Waals surface area contributed by atoms with Gasteiger partial charge in [0.25, 0.3) is 0 Å². The zero-order valence-electron chi connectivity index (χ0n) is 13.4. The first kappa shape index (κ1) is 22.1. The summed E-state index contributed by atoms with van der Waals surface area (Å²) in [6.45, 7) is 11.6. The van der Waals surface area contributed by atoms with E-state index in [1.165, 1.54) is 0 Å². The van der Waals surface area contributed by atoms with Crippen molar-refractivity contribution in [1.82, 2.24) is 9.44 Å². The first-order valence-electron chi connectivity index (χ1n) is 6.98. The third-order valence-corrected chi connectivity index (χ3v) is 6.04. The first-order chi connectivity index (χ1) is 9.01. The predicted octanol–water partition coefficient (Wildman–Crippen LogP) is 1.45. The van der Waals surface area contributed by atoms with Crippen LogP contribution in [0.1, 0.15) is 54.4 Å². The molecule has 0 aromatic rings. The molecule has 124 valence electrons. The summed E-state index contributed by atoms with van der Waals surface area (Å²) < 4.78 is 48.9. The molecular weight excluding hydrogens is 300 g/mol. The van der Waals surface area contributed by atoms with Gasteiger partial charge in [0.2, 0.25) is 20.0 Å². The number of hydrogen-bond donors (Lipinski definition) is 2. The average Bonchev–Trinajstić information content (AvgIpc) is 2.34. The summed E-state index contributed by atoms with van der Waals surface area (Å²) >= 11 is 0. The van der Waals surface area contributed by atoms with Gasteiger partial charge in [-0.3, -0.25) is 0 Å². The van der Waals surface area contributed by atoms with Gasteiger partial charge in [-0.1, -0.05) is 13.8 Å². The Bertz CT molecular complexity index is 386. The van der Waals surface area contributed by atoms with Crippen molar-refractivity contribution in [2.24, 2.45) is 0 Å². The predicted molar refractivity (Wildman–Crippen MR) is 84.7 cm³/mol. The van der Waals surface area contributed by atoms with Gasteiger partial charge in [-0.15, -0.1) is 0 Å². The monoisotopic (exact) mass is 330 g/mol. The van der Waals surface area contributed by atoms with Crippen molar-refractivity contribution >= 4 is 20.0 Å². The minimum Gasteiger partial charge on any atom is -0.215 e. The maximum Gasteiger partial charge on any atom is 0.213 e. The summed E-state index contributed by atoms with van der Waals surface area (Å²) in [5, 5.41) is -0.641. The van der Waals surface area contributed by atoms with Gasteiger partial charge in [0, 0.05) is 13.1 Å². The van der Waals surface area contributed by atoms with E-state index in [4.69, 9.17) is 0 Å². The number of rotatable bonds is 8. The van der Waals surface area contributed by atoms with Gasteiger partial charge in [-0.2, -0.15) is 0 Å². The third-order valence-electron chi connectivity index (χ3n) is 2.35. The number of hydrogen-bond acceptors (Lipinski definition) is 4. The van der Waals surface area contributed by atoms with Crippen LogP contribution in [-0.2, 0) is 20.0 Å². The quantitative estimate of drug-likeness (QED) is 0.704. The summed E-state index contributed by atoms with van der Waals surface area (Å²) in [6, 6.07) is 0. The Labute approximate surface area is 124 Å². The summed E-state index contributed by atoms with van der Waals surface area (Å²) in [4.78, 5) is 0. The van der Waals surface area contributed by atoms with Gasteiger partial charge in [0.05, 0.1) is 10.5 Å². The summed E-state index contributed by atoms with van der Waals surface area (Å²) in [5.74, 6) is 0. The largest absolute Gasteiger partial charge is 0.215 e. The molecule has 20 heavy (non-hydrogen) atoms. The van der Waals surface area contributed by atoms with Crippen LogP contribution in [0.3, 0.4) is 0 Å². The van der Waals surface area contributed by atoms with Crippen LogP contribution in [0.15, 0.2) is 0 Å². The van der Waals surface area contributed by atoms with E-state index in [2.05, 4.69) is 9.44 Å². The van der Waals surface area contributed by atoms with Crippen LogP contribution in [0.25, 0.3) is 0 Å². The van der Waals surface area contributed by atoms with Gasteiger partial charge >= 0.3 is 0 Å². The Balaban J connectivity index is 0. The molecule has 0 fully saturated rings.